The summed E-state index contributed by atoms with van der Waals surface area (Å²) in [6, 6.07) is 3.41. The molecule has 1 unspecified atom stereocenters. The molecule has 1 aromatic rings. The van der Waals surface area contributed by atoms with Gasteiger partial charge in [-0.05, 0) is 25.5 Å². The summed E-state index contributed by atoms with van der Waals surface area (Å²) in [5.41, 5.74) is 0. The predicted molar refractivity (Wildman–Crippen MR) is 51.8 cm³/mol. The van der Waals surface area contributed by atoms with Crippen LogP contribution in [-0.2, 0) is 0 Å². The SMILES string of the molecule is CC(O)CCNc1ccc(Cl)nn1. The standard InChI is InChI=1S/C8H12ClN3O/c1-6(13)4-5-10-8-3-2-7(9)11-12-8/h2-3,6,13H,4-5H2,1H3,(H,10,12). The third-order valence-corrected chi connectivity index (χ3v) is 1.70. The van der Waals surface area contributed by atoms with Crippen molar-refractivity contribution in [3.63, 3.8) is 0 Å². The van der Waals surface area contributed by atoms with E-state index in [1.807, 2.05) is 0 Å². The highest BCUT2D eigenvalue weighted by molar-refractivity contribution is 6.29. The van der Waals surface area contributed by atoms with Crippen LogP contribution in [0.4, 0.5) is 5.82 Å². The first kappa shape index (κ1) is 10.2. The molecule has 0 saturated heterocycles. The van der Waals surface area contributed by atoms with E-state index in [0.717, 1.165) is 0 Å². The van der Waals surface area contributed by atoms with Gasteiger partial charge in [-0.3, -0.25) is 0 Å². The summed E-state index contributed by atoms with van der Waals surface area (Å²) in [5, 5.41) is 19.8. The maximum Gasteiger partial charge on any atom is 0.151 e. The molecule has 72 valence electrons. The molecular weight excluding hydrogens is 190 g/mol. The van der Waals surface area contributed by atoms with Crippen LogP contribution in [0.1, 0.15) is 13.3 Å². The number of aromatic nitrogens is 2. The summed E-state index contributed by atoms with van der Waals surface area (Å²) in [6.07, 6.45) is 0.386. The maximum absolute atomic E-state index is 8.98. The van der Waals surface area contributed by atoms with Gasteiger partial charge in [0.25, 0.3) is 0 Å². The maximum atomic E-state index is 8.98. The van der Waals surface area contributed by atoms with Gasteiger partial charge in [0.2, 0.25) is 0 Å². The number of rotatable bonds is 4. The molecule has 1 heterocycles. The number of anilines is 1. The molecule has 0 saturated carbocycles. The lowest BCUT2D eigenvalue weighted by Gasteiger charge is -2.05. The Balaban J connectivity index is 2.33. The molecule has 13 heavy (non-hydrogen) atoms. The molecule has 1 atom stereocenters. The van der Waals surface area contributed by atoms with Crippen LogP contribution in [-0.4, -0.2) is 28.0 Å². The van der Waals surface area contributed by atoms with E-state index in [4.69, 9.17) is 16.7 Å². The molecule has 0 spiro atoms. The van der Waals surface area contributed by atoms with Crippen molar-refractivity contribution in [1.29, 1.82) is 0 Å². The lowest BCUT2D eigenvalue weighted by atomic mass is 10.3. The number of halogens is 1. The van der Waals surface area contributed by atoms with Gasteiger partial charge in [-0.2, -0.15) is 0 Å². The van der Waals surface area contributed by atoms with Crippen molar-refractivity contribution in [2.75, 3.05) is 11.9 Å². The van der Waals surface area contributed by atoms with Gasteiger partial charge in [0.15, 0.2) is 5.15 Å². The summed E-state index contributed by atoms with van der Waals surface area (Å²) in [7, 11) is 0. The highest BCUT2D eigenvalue weighted by Gasteiger charge is 1.97. The van der Waals surface area contributed by atoms with E-state index in [2.05, 4.69) is 15.5 Å². The quantitative estimate of drug-likeness (QED) is 0.772. The smallest absolute Gasteiger partial charge is 0.151 e. The average molecular weight is 202 g/mol. The molecule has 0 amide bonds. The number of hydrogen-bond donors (Lipinski definition) is 2. The molecule has 5 heteroatoms. The van der Waals surface area contributed by atoms with Gasteiger partial charge in [0, 0.05) is 6.54 Å². The first-order valence-corrected chi connectivity index (χ1v) is 4.47. The Labute approximate surface area is 81.9 Å². The van der Waals surface area contributed by atoms with Gasteiger partial charge < -0.3 is 10.4 Å². The van der Waals surface area contributed by atoms with E-state index in [0.29, 0.717) is 23.9 Å². The molecule has 0 aliphatic heterocycles. The Morgan fingerprint density at radius 2 is 2.31 bits per heavy atom. The van der Waals surface area contributed by atoms with E-state index in [-0.39, 0.29) is 6.10 Å². The van der Waals surface area contributed by atoms with Crippen molar-refractivity contribution < 1.29 is 5.11 Å². The van der Waals surface area contributed by atoms with Crippen LogP contribution in [0.2, 0.25) is 5.15 Å². The fraction of sp³-hybridized carbons (Fsp3) is 0.500. The Morgan fingerprint density at radius 1 is 1.54 bits per heavy atom. The monoisotopic (exact) mass is 201 g/mol. The molecule has 1 rings (SSSR count). The highest BCUT2D eigenvalue weighted by Crippen LogP contribution is 2.05. The van der Waals surface area contributed by atoms with E-state index >= 15 is 0 Å². The molecule has 0 aliphatic carbocycles. The molecule has 0 bridgehead atoms. The minimum absolute atomic E-state index is 0.298. The van der Waals surface area contributed by atoms with E-state index in [1.165, 1.54) is 0 Å². The predicted octanol–water partition coefficient (Wildman–Crippen LogP) is 1.31. The Hall–Kier alpha value is -0.870. The minimum atomic E-state index is -0.298. The molecular formula is C8H12ClN3O. The fourth-order valence-electron chi connectivity index (χ4n) is 0.819. The second-order valence-electron chi connectivity index (χ2n) is 2.81. The van der Waals surface area contributed by atoms with Crippen LogP contribution in [0.5, 0.6) is 0 Å². The third kappa shape index (κ3) is 4.05. The van der Waals surface area contributed by atoms with Gasteiger partial charge in [-0.25, -0.2) is 0 Å². The lowest BCUT2D eigenvalue weighted by molar-refractivity contribution is 0.188. The molecule has 0 aromatic carbocycles. The molecule has 2 N–H and O–H groups in total. The van der Waals surface area contributed by atoms with Gasteiger partial charge in [-0.15, -0.1) is 10.2 Å². The first-order chi connectivity index (χ1) is 6.18. The summed E-state index contributed by atoms with van der Waals surface area (Å²) in [5.74, 6) is 0.671. The van der Waals surface area contributed by atoms with Crippen molar-refractivity contribution in [3.05, 3.63) is 17.3 Å². The molecule has 0 radical (unpaired) electrons. The normalized spacial score (nSPS) is 12.5. The van der Waals surface area contributed by atoms with Gasteiger partial charge in [0.1, 0.15) is 5.82 Å². The van der Waals surface area contributed by atoms with Crippen LogP contribution >= 0.6 is 11.6 Å². The summed E-state index contributed by atoms with van der Waals surface area (Å²) >= 11 is 5.55. The van der Waals surface area contributed by atoms with Crippen LogP contribution in [0, 0.1) is 0 Å². The Kier molecular flexibility index (Phi) is 3.92. The molecule has 1 aromatic heterocycles. The molecule has 4 nitrogen and oxygen atoms in total. The summed E-state index contributed by atoms with van der Waals surface area (Å²) in [4.78, 5) is 0. The van der Waals surface area contributed by atoms with Crippen molar-refractivity contribution in [1.82, 2.24) is 10.2 Å². The average Bonchev–Trinajstić information content (AvgIpc) is 2.08. The largest absolute Gasteiger partial charge is 0.393 e. The van der Waals surface area contributed by atoms with Gasteiger partial charge >= 0.3 is 0 Å². The third-order valence-electron chi connectivity index (χ3n) is 1.50. The Morgan fingerprint density at radius 3 is 2.85 bits per heavy atom. The van der Waals surface area contributed by atoms with Crippen LogP contribution in [0.15, 0.2) is 12.1 Å². The second-order valence-corrected chi connectivity index (χ2v) is 3.19. The van der Waals surface area contributed by atoms with Crippen molar-refractivity contribution in [2.24, 2.45) is 0 Å². The summed E-state index contributed by atoms with van der Waals surface area (Å²) < 4.78 is 0. The van der Waals surface area contributed by atoms with Crippen LogP contribution < -0.4 is 5.32 Å². The van der Waals surface area contributed by atoms with Crippen LogP contribution in [0.3, 0.4) is 0 Å². The highest BCUT2D eigenvalue weighted by atomic mass is 35.5. The second kappa shape index (κ2) is 4.99. The fourth-order valence-corrected chi connectivity index (χ4v) is 0.920. The Bertz CT molecular complexity index is 250. The molecule has 0 aliphatic rings. The van der Waals surface area contributed by atoms with Crippen molar-refractivity contribution >= 4 is 17.4 Å². The zero-order valence-electron chi connectivity index (χ0n) is 7.37. The lowest BCUT2D eigenvalue weighted by Crippen LogP contribution is -2.10. The topological polar surface area (TPSA) is 58.0 Å². The van der Waals surface area contributed by atoms with Gasteiger partial charge in [-0.1, -0.05) is 11.6 Å². The zero-order valence-corrected chi connectivity index (χ0v) is 8.12. The van der Waals surface area contributed by atoms with E-state index in [9.17, 15) is 0 Å². The van der Waals surface area contributed by atoms with Crippen molar-refractivity contribution in [3.8, 4) is 0 Å². The number of aliphatic hydroxyl groups is 1. The number of aliphatic hydroxyl groups excluding tert-OH is 1. The first-order valence-electron chi connectivity index (χ1n) is 4.09. The summed E-state index contributed by atoms with van der Waals surface area (Å²) in [6.45, 7) is 2.42. The number of nitrogens with zero attached hydrogens (tertiary/aromatic N) is 2. The van der Waals surface area contributed by atoms with Gasteiger partial charge in [0.05, 0.1) is 6.10 Å². The van der Waals surface area contributed by atoms with E-state index < -0.39 is 0 Å². The number of hydrogen-bond acceptors (Lipinski definition) is 4. The van der Waals surface area contributed by atoms with Crippen LogP contribution in [0.25, 0.3) is 0 Å². The zero-order chi connectivity index (χ0) is 9.68. The van der Waals surface area contributed by atoms with Crippen molar-refractivity contribution in [2.45, 2.75) is 19.4 Å². The minimum Gasteiger partial charge on any atom is -0.393 e. The number of nitrogens with one attached hydrogen (secondary N) is 1. The van der Waals surface area contributed by atoms with E-state index in [1.54, 1.807) is 19.1 Å². The molecule has 0 fully saturated rings.